The minimum atomic E-state index is -4.45. The molecular formula is C29H36F5N7O3. The predicted molar refractivity (Wildman–Crippen MR) is 148 cm³/mol. The van der Waals surface area contributed by atoms with E-state index in [0.717, 1.165) is 0 Å². The van der Waals surface area contributed by atoms with E-state index < -0.39 is 48.3 Å². The number of hydrogen-bond acceptors (Lipinski definition) is 6. The topological polar surface area (TPSA) is 115 Å². The number of piperidine rings is 1. The van der Waals surface area contributed by atoms with Gasteiger partial charge in [-0.2, -0.15) is 23.4 Å². The maximum atomic E-state index is 14.1. The highest BCUT2D eigenvalue weighted by atomic mass is 19.4. The van der Waals surface area contributed by atoms with Gasteiger partial charge >= 0.3 is 6.18 Å². The Bertz CT molecular complexity index is 1490. The lowest BCUT2D eigenvalue weighted by Crippen LogP contribution is -2.47. The van der Waals surface area contributed by atoms with E-state index in [1.54, 1.807) is 32.2 Å². The second-order valence-electron chi connectivity index (χ2n) is 11.9. The molecule has 1 saturated heterocycles. The molecule has 3 atom stereocenters. The molecule has 2 aliphatic rings. The number of aryl methyl sites for hydroxylation is 1. The maximum Gasteiger partial charge on any atom is 0.393 e. The van der Waals surface area contributed by atoms with Crippen molar-refractivity contribution in [2.24, 2.45) is 17.8 Å². The van der Waals surface area contributed by atoms with Crippen LogP contribution >= 0.6 is 0 Å². The number of nitrogens with one attached hydrogen (secondary N) is 2. The molecule has 15 heteroatoms. The van der Waals surface area contributed by atoms with Crippen LogP contribution in [0.1, 0.15) is 80.8 Å². The molecule has 1 aliphatic heterocycles. The number of amides is 2. The lowest BCUT2D eigenvalue weighted by atomic mass is 9.81. The van der Waals surface area contributed by atoms with Gasteiger partial charge in [0.2, 0.25) is 11.8 Å². The van der Waals surface area contributed by atoms with Gasteiger partial charge in [0.25, 0.3) is 5.91 Å². The van der Waals surface area contributed by atoms with Crippen molar-refractivity contribution in [3.63, 3.8) is 0 Å². The average molecular weight is 626 g/mol. The molecule has 1 saturated carbocycles. The molecular weight excluding hydrogens is 589 g/mol. The van der Waals surface area contributed by atoms with Gasteiger partial charge in [-0.3, -0.25) is 14.3 Å². The minimum Gasteiger partial charge on any atom is -0.489 e. The third-order valence-corrected chi connectivity index (χ3v) is 8.32. The first-order valence-electron chi connectivity index (χ1n) is 14.8. The van der Waals surface area contributed by atoms with Crippen LogP contribution in [0.25, 0.3) is 5.65 Å². The van der Waals surface area contributed by atoms with E-state index in [1.165, 1.54) is 15.4 Å². The van der Waals surface area contributed by atoms with E-state index in [-0.39, 0.29) is 62.0 Å². The molecule has 4 heterocycles. The monoisotopic (exact) mass is 625 g/mol. The lowest BCUT2D eigenvalue weighted by molar-refractivity contribution is -0.183. The van der Waals surface area contributed by atoms with Crippen molar-refractivity contribution < 1.29 is 36.3 Å². The van der Waals surface area contributed by atoms with Gasteiger partial charge in [0, 0.05) is 50.5 Å². The number of ether oxygens (including phenoxy) is 1. The highest BCUT2D eigenvalue weighted by Gasteiger charge is 2.45. The molecule has 0 aromatic carbocycles. The molecule has 240 valence electrons. The van der Waals surface area contributed by atoms with Gasteiger partial charge in [0.05, 0.1) is 30.0 Å². The van der Waals surface area contributed by atoms with Crippen LogP contribution in [0.3, 0.4) is 0 Å². The summed E-state index contributed by atoms with van der Waals surface area (Å²) in [5, 5.41) is 14.1. The number of alkyl halides is 5. The summed E-state index contributed by atoms with van der Waals surface area (Å²) >= 11 is 0. The molecule has 0 radical (unpaired) electrons. The van der Waals surface area contributed by atoms with E-state index in [4.69, 9.17) is 4.74 Å². The number of fused-ring (bicyclic) bond motifs is 1. The summed E-state index contributed by atoms with van der Waals surface area (Å²) in [6.45, 7) is 5.39. The van der Waals surface area contributed by atoms with Crippen LogP contribution < -0.4 is 15.4 Å². The Labute approximate surface area is 250 Å². The standard InChI is InChI=1S/C29H36F5N7O3/c1-4-40-22(7-10-36-40)27(43)38-25(17-5-8-28(30,31)9-6-17)21-15-41-24(37-21)13-23(44-16(2)3)20(39-41)12-18-11-19(29(32,33)34)14-35-26(18)42/h7,10,13,15-19,25H,4-6,8-9,11-12,14H2,1-3H3,(H,35,42)(H,38,43)/t18?,19-,25?/m1/s1. The summed E-state index contributed by atoms with van der Waals surface area (Å²) < 4.78 is 77.4. The first kappa shape index (κ1) is 31.6. The van der Waals surface area contributed by atoms with Crippen LogP contribution in [-0.2, 0) is 17.8 Å². The Hall–Kier alpha value is -3.78. The molecule has 3 aromatic rings. The second kappa shape index (κ2) is 12.3. The van der Waals surface area contributed by atoms with Crippen molar-refractivity contribution in [1.29, 1.82) is 0 Å². The molecule has 44 heavy (non-hydrogen) atoms. The van der Waals surface area contributed by atoms with E-state index in [0.29, 0.717) is 23.6 Å². The number of imidazole rings is 1. The zero-order valence-electron chi connectivity index (χ0n) is 24.7. The normalized spacial score (nSPS) is 21.8. The Balaban J connectivity index is 1.49. The highest BCUT2D eigenvalue weighted by molar-refractivity contribution is 5.92. The van der Waals surface area contributed by atoms with Crippen molar-refractivity contribution >= 4 is 17.5 Å². The summed E-state index contributed by atoms with van der Waals surface area (Å²) in [7, 11) is 0. The highest BCUT2D eigenvalue weighted by Crippen LogP contribution is 2.42. The molecule has 2 N–H and O–H groups in total. The lowest BCUT2D eigenvalue weighted by Gasteiger charge is -2.33. The molecule has 0 bridgehead atoms. The fourth-order valence-electron chi connectivity index (χ4n) is 5.99. The molecule has 3 aromatic heterocycles. The quantitative estimate of drug-likeness (QED) is 0.328. The van der Waals surface area contributed by atoms with Crippen LogP contribution in [0.5, 0.6) is 5.75 Å². The van der Waals surface area contributed by atoms with Crippen LogP contribution in [0.2, 0.25) is 0 Å². The van der Waals surface area contributed by atoms with Gasteiger partial charge in [-0.15, -0.1) is 0 Å². The van der Waals surface area contributed by atoms with Gasteiger partial charge in [-0.25, -0.2) is 18.3 Å². The first-order valence-corrected chi connectivity index (χ1v) is 14.8. The summed E-state index contributed by atoms with van der Waals surface area (Å²) in [6.07, 6.45) is -2.46. The Morgan fingerprint density at radius 1 is 1.25 bits per heavy atom. The molecule has 10 nitrogen and oxygen atoms in total. The van der Waals surface area contributed by atoms with Gasteiger partial charge < -0.3 is 15.4 Å². The number of halogens is 5. The third kappa shape index (κ3) is 6.96. The summed E-state index contributed by atoms with van der Waals surface area (Å²) in [6, 6.07) is 2.44. The molecule has 1 aliphatic carbocycles. The largest absolute Gasteiger partial charge is 0.489 e. The zero-order valence-corrected chi connectivity index (χ0v) is 24.7. The second-order valence-corrected chi connectivity index (χ2v) is 11.9. The van der Waals surface area contributed by atoms with Crippen LogP contribution in [0, 0.1) is 17.8 Å². The van der Waals surface area contributed by atoms with E-state index in [9.17, 15) is 31.5 Å². The van der Waals surface area contributed by atoms with Crippen molar-refractivity contribution in [3.05, 3.63) is 41.6 Å². The number of rotatable bonds is 9. The molecule has 0 spiro atoms. The Morgan fingerprint density at radius 3 is 2.64 bits per heavy atom. The summed E-state index contributed by atoms with van der Waals surface area (Å²) in [5.74, 6) is -6.40. The summed E-state index contributed by atoms with van der Waals surface area (Å²) in [5.41, 5.74) is 1.32. The van der Waals surface area contributed by atoms with Crippen LogP contribution in [0.15, 0.2) is 24.5 Å². The first-order chi connectivity index (χ1) is 20.7. The zero-order chi connectivity index (χ0) is 31.8. The molecule has 2 fully saturated rings. The van der Waals surface area contributed by atoms with Gasteiger partial charge in [-0.05, 0) is 52.0 Å². The van der Waals surface area contributed by atoms with Crippen molar-refractivity contribution in [1.82, 2.24) is 35.0 Å². The van der Waals surface area contributed by atoms with Crippen molar-refractivity contribution in [3.8, 4) is 5.75 Å². The average Bonchev–Trinajstić information content (AvgIpc) is 3.59. The van der Waals surface area contributed by atoms with Gasteiger partial charge in [0.1, 0.15) is 17.1 Å². The number of carbonyl (C=O) groups is 2. The van der Waals surface area contributed by atoms with E-state index in [1.807, 2.05) is 6.92 Å². The summed E-state index contributed by atoms with van der Waals surface area (Å²) in [4.78, 5) is 30.6. The number of aromatic nitrogens is 5. The fourth-order valence-corrected chi connectivity index (χ4v) is 5.99. The SMILES string of the molecule is CCn1nccc1C(=O)NC(c1cn2nc(CC3C[C@@H](C(F)(F)F)CNC3=O)c(OC(C)C)cc2n1)C1CCC(F)(F)CC1. The Morgan fingerprint density at radius 2 is 1.98 bits per heavy atom. The smallest absolute Gasteiger partial charge is 0.393 e. The predicted octanol–water partition coefficient (Wildman–Crippen LogP) is 4.89. The number of hydrogen-bond donors (Lipinski definition) is 2. The van der Waals surface area contributed by atoms with E-state index in [2.05, 4.69) is 25.8 Å². The Kier molecular flexibility index (Phi) is 8.85. The third-order valence-electron chi connectivity index (χ3n) is 8.32. The van der Waals surface area contributed by atoms with E-state index >= 15 is 0 Å². The maximum absolute atomic E-state index is 14.1. The number of carbonyl (C=O) groups excluding carboxylic acids is 2. The van der Waals surface area contributed by atoms with Gasteiger partial charge in [-0.1, -0.05) is 0 Å². The van der Waals surface area contributed by atoms with Gasteiger partial charge in [0.15, 0.2) is 5.65 Å². The fraction of sp³-hybridized carbons (Fsp3) is 0.621. The number of nitrogens with zero attached hydrogens (tertiary/aromatic N) is 5. The van der Waals surface area contributed by atoms with Crippen molar-refractivity contribution in [2.45, 2.75) is 90.1 Å². The molecule has 5 rings (SSSR count). The molecule has 2 unspecified atom stereocenters. The molecule has 2 amide bonds. The van der Waals surface area contributed by atoms with Crippen LogP contribution in [0.4, 0.5) is 22.0 Å². The van der Waals surface area contributed by atoms with Crippen LogP contribution in [-0.4, -0.2) is 60.9 Å². The minimum absolute atomic E-state index is 0.0944. The van der Waals surface area contributed by atoms with Crippen molar-refractivity contribution in [2.75, 3.05) is 6.54 Å².